The Morgan fingerprint density at radius 3 is 2.52 bits per heavy atom. The van der Waals surface area contributed by atoms with Crippen LogP contribution in [0.15, 0.2) is 58.1 Å². The molecule has 0 aromatic heterocycles. The van der Waals surface area contributed by atoms with Gasteiger partial charge in [-0.15, -0.1) is 5.10 Å². The molecule has 0 bridgehead atoms. The number of hydrogen-bond acceptors (Lipinski definition) is 5. The topological polar surface area (TPSA) is 68.2 Å². The van der Waals surface area contributed by atoms with Crippen LogP contribution in [-0.4, -0.2) is 22.8 Å². The largest absolute Gasteiger partial charge is 0.446 e. The standard InChI is InChI=1S/C18H15BrN2O4/c1-11(22)21-18(25-17(20-21)13-6-4-3-5-7-13)15-10-14(19)8-9-16(15)24-12(2)23/h3-10,18H,1-2H3/t18-/m1/s1. The summed E-state index contributed by atoms with van der Waals surface area (Å²) in [7, 11) is 0. The van der Waals surface area contributed by atoms with E-state index in [2.05, 4.69) is 21.0 Å². The molecule has 128 valence electrons. The van der Waals surface area contributed by atoms with Gasteiger partial charge in [0.25, 0.3) is 0 Å². The van der Waals surface area contributed by atoms with E-state index in [1.165, 1.54) is 18.9 Å². The summed E-state index contributed by atoms with van der Waals surface area (Å²) in [5.74, 6) is -0.101. The third kappa shape index (κ3) is 3.71. The van der Waals surface area contributed by atoms with Gasteiger partial charge in [-0.3, -0.25) is 9.59 Å². The molecule has 0 fully saturated rings. The van der Waals surface area contributed by atoms with Crippen molar-refractivity contribution in [3.8, 4) is 5.75 Å². The van der Waals surface area contributed by atoms with Crippen LogP contribution < -0.4 is 4.74 Å². The normalized spacial score (nSPS) is 16.2. The number of carbonyl (C=O) groups excluding carboxylic acids is 2. The molecule has 0 aliphatic carbocycles. The van der Waals surface area contributed by atoms with Crippen molar-refractivity contribution >= 4 is 33.7 Å². The van der Waals surface area contributed by atoms with E-state index < -0.39 is 12.2 Å². The Morgan fingerprint density at radius 1 is 1.16 bits per heavy atom. The number of nitrogens with zero attached hydrogens (tertiary/aromatic N) is 2. The second kappa shape index (κ2) is 7.06. The quantitative estimate of drug-likeness (QED) is 0.580. The monoisotopic (exact) mass is 402 g/mol. The Bertz CT molecular complexity index is 851. The van der Waals surface area contributed by atoms with Gasteiger partial charge in [0.1, 0.15) is 5.75 Å². The number of carbonyl (C=O) groups is 2. The third-order valence-corrected chi connectivity index (χ3v) is 3.97. The molecule has 1 amide bonds. The van der Waals surface area contributed by atoms with Crippen molar-refractivity contribution in [2.24, 2.45) is 5.10 Å². The van der Waals surface area contributed by atoms with E-state index >= 15 is 0 Å². The molecule has 1 atom stereocenters. The molecule has 0 N–H and O–H groups in total. The minimum atomic E-state index is -0.820. The number of benzene rings is 2. The van der Waals surface area contributed by atoms with Crippen LogP contribution in [0.5, 0.6) is 5.75 Å². The molecular weight excluding hydrogens is 388 g/mol. The molecule has 0 radical (unpaired) electrons. The van der Waals surface area contributed by atoms with Crippen molar-refractivity contribution < 1.29 is 19.1 Å². The van der Waals surface area contributed by atoms with Crippen LogP contribution in [-0.2, 0) is 14.3 Å². The molecule has 1 aliphatic rings. The van der Waals surface area contributed by atoms with Crippen LogP contribution in [0.3, 0.4) is 0 Å². The number of hydrogen-bond donors (Lipinski definition) is 0. The summed E-state index contributed by atoms with van der Waals surface area (Å²) in [5.41, 5.74) is 1.27. The van der Waals surface area contributed by atoms with Crippen LogP contribution in [0.2, 0.25) is 0 Å². The molecule has 2 aromatic rings. The molecule has 1 aliphatic heterocycles. The van der Waals surface area contributed by atoms with Crippen molar-refractivity contribution in [3.05, 3.63) is 64.1 Å². The fraction of sp³-hybridized carbons (Fsp3) is 0.167. The second-order valence-corrected chi connectivity index (χ2v) is 6.30. The summed E-state index contributed by atoms with van der Waals surface area (Å²) < 4.78 is 11.9. The SMILES string of the molecule is CC(=O)Oc1ccc(Br)cc1[C@H]1OC(c2ccccc2)=NN1C(C)=O. The first-order valence-electron chi connectivity index (χ1n) is 7.54. The van der Waals surface area contributed by atoms with E-state index in [1.807, 2.05) is 30.3 Å². The number of hydrazone groups is 1. The van der Waals surface area contributed by atoms with E-state index in [0.717, 1.165) is 10.0 Å². The van der Waals surface area contributed by atoms with Crippen LogP contribution >= 0.6 is 15.9 Å². The van der Waals surface area contributed by atoms with Gasteiger partial charge >= 0.3 is 5.97 Å². The van der Waals surface area contributed by atoms with Gasteiger partial charge in [-0.1, -0.05) is 34.1 Å². The van der Waals surface area contributed by atoms with Crippen LogP contribution in [0.25, 0.3) is 0 Å². The summed E-state index contributed by atoms with van der Waals surface area (Å²) in [6, 6.07) is 14.4. The molecular formula is C18H15BrN2O4. The zero-order valence-electron chi connectivity index (χ0n) is 13.6. The summed E-state index contributed by atoms with van der Waals surface area (Å²) in [6.45, 7) is 2.72. The molecule has 6 nitrogen and oxygen atoms in total. The highest BCUT2D eigenvalue weighted by atomic mass is 79.9. The molecule has 1 heterocycles. The Balaban J connectivity index is 2.01. The van der Waals surface area contributed by atoms with Gasteiger partial charge < -0.3 is 9.47 Å². The average Bonchev–Trinajstić information content (AvgIpc) is 3.02. The van der Waals surface area contributed by atoms with Gasteiger partial charge in [-0.05, 0) is 30.3 Å². The highest BCUT2D eigenvalue weighted by Crippen LogP contribution is 2.37. The fourth-order valence-corrected chi connectivity index (χ4v) is 2.81. The minimum Gasteiger partial charge on any atom is -0.446 e. The molecule has 0 saturated carbocycles. The van der Waals surface area contributed by atoms with E-state index in [9.17, 15) is 9.59 Å². The first-order valence-corrected chi connectivity index (χ1v) is 8.33. The van der Waals surface area contributed by atoms with Gasteiger partial charge in [0.15, 0.2) is 0 Å². The van der Waals surface area contributed by atoms with E-state index in [0.29, 0.717) is 17.2 Å². The molecule has 7 heteroatoms. The first kappa shape index (κ1) is 17.2. The number of ether oxygens (including phenoxy) is 2. The molecule has 3 rings (SSSR count). The van der Waals surface area contributed by atoms with Gasteiger partial charge in [0.2, 0.25) is 18.0 Å². The Morgan fingerprint density at radius 2 is 1.88 bits per heavy atom. The van der Waals surface area contributed by atoms with Crippen molar-refractivity contribution in [3.63, 3.8) is 0 Å². The fourth-order valence-electron chi connectivity index (χ4n) is 2.43. The van der Waals surface area contributed by atoms with Crippen molar-refractivity contribution in [1.29, 1.82) is 0 Å². The zero-order chi connectivity index (χ0) is 18.0. The Kier molecular flexibility index (Phi) is 4.85. The highest BCUT2D eigenvalue weighted by molar-refractivity contribution is 9.10. The Hall–Kier alpha value is -2.67. The van der Waals surface area contributed by atoms with Gasteiger partial charge in [-0.2, -0.15) is 5.01 Å². The van der Waals surface area contributed by atoms with Gasteiger partial charge in [0, 0.05) is 23.9 Å². The lowest BCUT2D eigenvalue weighted by atomic mass is 10.1. The van der Waals surface area contributed by atoms with E-state index in [1.54, 1.807) is 18.2 Å². The summed E-state index contributed by atoms with van der Waals surface area (Å²) in [6.07, 6.45) is -0.820. The van der Waals surface area contributed by atoms with Crippen LogP contribution in [0.4, 0.5) is 0 Å². The minimum absolute atomic E-state index is 0.287. The first-order chi connectivity index (χ1) is 12.0. The smallest absolute Gasteiger partial charge is 0.308 e. The predicted molar refractivity (Wildman–Crippen MR) is 94.8 cm³/mol. The van der Waals surface area contributed by atoms with Crippen LogP contribution in [0, 0.1) is 0 Å². The molecule has 2 aromatic carbocycles. The maximum Gasteiger partial charge on any atom is 0.308 e. The van der Waals surface area contributed by atoms with Gasteiger partial charge in [-0.25, -0.2) is 0 Å². The molecule has 0 unspecified atom stereocenters. The predicted octanol–water partition coefficient (Wildman–Crippen LogP) is 3.61. The number of amides is 1. The van der Waals surface area contributed by atoms with Crippen molar-refractivity contribution in [1.82, 2.24) is 5.01 Å². The third-order valence-electron chi connectivity index (χ3n) is 3.48. The lowest BCUT2D eigenvalue weighted by molar-refractivity contribution is -0.135. The van der Waals surface area contributed by atoms with Crippen molar-refractivity contribution in [2.45, 2.75) is 20.1 Å². The molecule has 0 saturated heterocycles. The zero-order valence-corrected chi connectivity index (χ0v) is 15.2. The summed E-state index contributed by atoms with van der Waals surface area (Å²) in [4.78, 5) is 23.4. The van der Waals surface area contributed by atoms with E-state index in [-0.39, 0.29) is 5.91 Å². The lowest BCUT2D eigenvalue weighted by Gasteiger charge is -2.21. The summed E-state index contributed by atoms with van der Waals surface area (Å²) >= 11 is 3.39. The highest BCUT2D eigenvalue weighted by Gasteiger charge is 2.35. The number of rotatable bonds is 3. The second-order valence-electron chi connectivity index (χ2n) is 5.38. The Labute approximate surface area is 153 Å². The average molecular weight is 403 g/mol. The van der Waals surface area contributed by atoms with Crippen molar-refractivity contribution in [2.75, 3.05) is 0 Å². The van der Waals surface area contributed by atoms with Gasteiger partial charge in [0.05, 0.1) is 5.56 Å². The van der Waals surface area contributed by atoms with Crippen LogP contribution in [0.1, 0.15) is 31.2 Å². The number of halogens is 1. The lowest BCUT2D eigenvalue weighted by Crippen LogP contribution is -2.26. The molecule has 0 spiro atoms. The maximum atomic E-state index is 12.0. The summed E-state index contributed by atoms with van der Waals surface area (Å²) in [5, 5.41) is 5.52. The maximum absolute atomic E-state index is 12.0. The molecule has 25 heavy (non-hydrogen) atoms. The van der Waals surface area contributed by atoms with E-state index in [4.69, 9.17) is 9.47 Å². The number of esters is 1.